The van der Waals surface area contributed by atoms with Crippen LogP contribution in [0.3, 0.4) is 0 Å². The maximum atomic E-state index is 11.4. The molecule has 0 spiro atoms. The van der Waals surface area contributed by atoms with Gasteiger partial charge in [0.05, 0.1) is 7.11 Å². The van der Waals surface area contributed by atoms with Gasteiger partial charge in [0, 0.05) is 11.3 Å². The van der Waals surface area contributed by atoms with E-state index in [-0.39, 0.29) is 5.97 Å². The highest BCUT2D eigenvalue weighted by molar-refractivity contribution is 8.01. The molecule has 0 radical (unpaired) electrons. The summed E-state index contributed by atoms with van der Waals surface area (Å²) in [7, 11) is 1.39. The Kier molecular flexibility index (Phi) is 6.18. The smallest absolute Gasteiger partial charge is 0.334 e. The van der Waals surface area contributed by atoms with Crippen molar-refractivity contribution in [3.63, 3.8) is 0 Å². The van der Waals surface area contributed by atoms with Gasteiger partial charge in [-0.2, -0.15) is 0 Å². The zero-order chi connectivity index (χ0) is 12.5. The molecule has 0 heterocycles. The predicted octanol–water partition coefficient (Wildman–Crippen LogP) is 3.55. The van der Waals surface area contributed by atoms with Crippen molar-refractivity contribution < 1.29 is 9.53 Å². The number of hydrogen-bond acceptors (Lipinski definition) is 3. The molecule has 90 valence electrons. The Morgan fingerprint density at radius 1 is 1.41 bits per heavy atom. The van der Waals surface area contributed by atoms with Gasteiger partial charge in [-0.3, -0.25) is 0 Å². The normalized spacial score (nSPS) is 11.0. The van der Waals surface area contributed by atoms with Gasteiger partial charge in [-0.15, -0.1) is 18.3 Å². The molecule has 0 aromatic heterocycles. The van der Waals surface area contributed by atoms with Crippen molar-refractivity contribution >= 4 is 17.7 Å². The van der Waals surface area contributed by atoms with Crippen LogP contribution in [-0.2, 0) is 15.3 Å². The number of methoxy groups -OCH3 is 1. The summed E-state index contributed by atoms with van der Waals surface area (Å²) in [6.07, 6.45) is 2.24. The first-order valence-corrected chi connectivity index (χ1v) is 6.36. The topological polar surface area (TPSA) is 26.3 Å². The fourth-order valence-corrected chi connectivity index (χ4v) is 2.14. The molecule has 17 heavy (non-hydrogen) atoms. The van der Waals surface area contributed by atoms with Crippen molar-refractivity contribution in [2.75, 3.05) is 7.11 Å². The molecule has 0 saturated heterocycles. The lowest BCUT2D eigenvalue weighted by Crippen LogP contribution is -2.03. The third-order valence-electron chi connectivity index (χ3n) is 2.13. The average Bonchev–Trinajstić information content (AvgIpc) is 2.38. The van der Waals surface area contributed by atoms with Crippen LogP contribution in [0.1, 0.15) is 12.0 Å². The number of carbonyl (C=O) groups excluding carboxylic acids is 1. The number of hydrogen-bond donors (Lipinski definition) is 0. The van der Waals surface area contributed by atoms with E-state index >= 15 is 0 Å². The van der Waals surface area contributed by atoms with Crippen LogP contribution >= 0.6 is 11.8 Å². The van der Waals surface area contributed by atoms with Crippen LogP contribution in [0.25, 0.3) is 0 Å². The van der Waals surface area contributed by atoms with E-state index in [9.17, 15) is 4.79 Å². The van der Waals surface area contributed by atoms with Gasteiger partial charge < -0.3 is 4.74 Å². The Hall–Kier alpha value is -1.48. The van der Waals surface area contributed by atoms with Gasteiger partial charge in [-0.1, -0.05) is 36.4 Å². The van der Waals surface area contributed by atoms with Crippen LogP contribution in [0.15, 0.2) is 54.0 Å². The van der Waals surface area contributed by atoms with E-state index in [0.717, 1.165) is 5.75 Å². The second kappa shape index (κ2) is 7.74. The standard InChI is InChI=1S/C14H16O2S/c1-3-7-13(14(15)16-2)11-17-10-12-8-5-4-6-9-12/h3-6,8-9,11H,1,7,10H2,2H3. The summed E-state index contributed by atoms with van der Waals surface area (Å²) in [4.78, 5) is 11.4. The van der Waals surface area contributed by atoms with Crippen LogP contribution in [0.5, 0.6) is 0 Å². The highest BCUT2D eigenvalue weighted by Crippen LogP contribution is 2.17. The van der Waals surface area contributed by atoms with Gasteiger partial charge in [-0.25, -0.2) is 4.79 Å². The minimum Gasteiger partial charge on any atom is -0.466 e. The number of benzene rings is 1. The van der Waals surface area contributed by atoms with Gasteiger partial charge >= 0.3 is 5.97 Å². The summed E-state index contributed by atoms with van der Waals surface area (Å²) in [5.74, 6) is 0.559. The minimum absolute atomic E-state index is 0.287. The quantitative estimate of drug-likeness (QED) is 0.437. The lowest BCUT2D eigenvalue weighted by Gasteiger charge is -2.02. The van der Waals surface area contributed by atoms with Crippen molar-refractivity contribution in [1.29, 1.82) is 0 Å². The summed E-state index contributed by atoms with van der Waals surface area (Å²) in [6.45, 7) is 3.63. The van der Waals surface area contributed by atoms with Crippen LogP contribution < -0.4 is 0 Å². The lowest BCUT2D eigenvalue weighted by molar-refractivity contribution is -0.136. The Morgan fingerprint density at radius 3 is 2.71 bits per heavy atom. The van der Waals surface area contributed by atoms with E-state index in [1.165, 1.54) is 12.7 Å². The summed E-state index contributed by atoms with van der Waals surface area (Å²) in [5.41, 5.74) is 1.88. The summed E-state index contributed by atoms with van der Waals surface area (Å²) in [6, 6.07) is 10.1. The van der Waals surface area contributed by atoms with Crippen LogP contribution in [0.4, 0.5) is 0 Å². The van der Waals surface area contributed by atoms with E-state index in [0.29, 0.717) is 12.0 Å². The highest BCUT2D eigenvalue weighted by atomic mass is 32.2. The van der Waals surface area contributed by atoms with E-state index < -0.39 is 0 Å². The maximum Gasteiger partial charge on any atom is 0.334 e. The van der Waals surface area contributed by atoms with Crippen molar-refractivity contribution in [2.24, 2.45) is 0 Å². The first-order valence-electron chi connectivity index (χ1n) is 5.31. The molecule has 0 unspecified atom stereocenters. The Balaban J connectivity index is 2.55. The Bertz CT molecular complexity index is 396. The monoisotopic (exact) mass is 248 g/mol. The predicted molar refractivity (Wildman–Crippen MR) is 72.7 cm³/mol. The number of ether oxygens (including phenoxy) is 1. The molecule has 0 N–H and O–H groups in total. The SMILES string of the molecule is C=CCC(=CSCc1ccccc1)C(=O)OC. The molecular weight excluding hydrogens is 232 g/mol. The minimum atomic E-state index is -0.287. The van der Waals surface area contributed by atoms with Gasteiger partial charge in [0.25, 0.3) is 0 Å². The molecule has 0 aliphatic carbocycles. The van der Waals surface area contributed by atoms with E-state index in [1.807, 2.05) is 23.6 Å². The Labute approximate surface area is 106 Å². The van der Waals surface area contributed by atoms with Crippen molar-refractivity contribution in [3.05, 3.63) is 59.5 Å². The van der Waals surface area contributed by atoms with E-state index in [4.69, 9.17) is 4.74 Å². The van der Waals surface area contributed by atoms with Gasteiger partial charge in [0.2, 0.25) is 0 Å². The van der Waals surface area contributed by atoms with E-state index in [2.05, 4.69) is 18.7 Å². The fraction of sp³-hybridized carbons (Fsp3) is 0.214. The second-order valence-corrected chi connectivity index (χ2v) is 4.28. The summed E-state index contributed by atoms with van der Waals surface area (Å²) >= 11 is 1.59. The number of thioether (sulfide) groups is 1. The molecular formula is C14H16O2S. The van der Waals surface area contributed by atoms with Crippen molar-refractivity contribution in [1.82, 2.24) is 0 Å². The summed E-state index contributed by atoms with van der Waals surface area (Å²) in [5, 5.41) is 1.85. The molecule has 1 aromatic carbocycles. The molecule has 0 aliphatic heterocycles. The Morgan fingerprint density at radius 2 is 2.12 bits per heavy atom. The van der Waals surface area contributed by atoms with Crippen LogP contribution in [0, 0.1) is 0 Å². The first-order chi connectivity index (χ1) is 8.27. The number of esters is 1. The van der Waals surface area contributed by atoms with Crippen LogP contribution in [0.2, 0.25) is 0 Å². The molecule has 1 aromatic rings. The zero-order valence-electron chi connectivity index (χ0n) is 9.89. The number of rotatable bonds is 6. The maximum absolute atomic E-state index is 11.4. The third-order valence-corrected chi connectivity index (χ3v) is 3.08. The van der Waals surface area contributed by atoms with Gasteiger partial charge in [0.15, 0.2) is 0 Å². The lowest BCUT2D eigenvalue weighted by atomic mass is 10.2. The number of carbonyl (C=O) groups is 1. The molecule has 3 heteroatoms. The average molecular weight is 248 g/mol. The molecule has 0 atom stereocenters. The van der Waals surface area contributed by atoms with Crippen molar-refractivity contribution in [3.8, 4) is 0 Å². The molecule has 0 aliphatic rings. The largest absolute Gasteiger partial charge is 0.466 e. The molecule has 0 amide bonds. The van der Waals surface area contributed by atoms with Gasteiger partial charge in [-0.05, 0) is 17.4 Å². The van der Waals surface area contributed by atoms with Gasteiger partial charge in [0.1, 0.15) is 0 Å². The molecule has 2 nitrogen and oxygen atoms in total. The first kappa shape index (κ1) is 13.6. The molecule has 0 saturated carbocycles. The molecule has 0 fully saturated rings. The number of allylic oxidation sites excluding steroid dienone is 1. The highest BCUT2D eigenvalue weighted by Gasteiger charge is 2.06. The second-order valence-electron chi connectivity index (χ2n) is 3.42. The van der Waals surface area contributed by atoms with Crippen LogP contribution in [-0.4, -0.2) is 13.1 Å². The molecule has 0 bridgehead atoms. The zero-order valence-corrected chi connectivity index (χ0v) is 10.7. The van der Waals surface area contributed by atoms with Crippen molar-refractivity contribution in [2.45, 2.75) is 12.2 Å². The third kappa shape index (κ3) is 4.91. The summed E-state index contributed by atoms with van der Waals surface area (Å²) < 4.78 is 4.70. The van der Waals surface area contributed by atoms with E-state index in [1.54, 1.807) is 17.8 Å². The molecule has 1 rings (SSSR count). The fourth-order valence-electron chi connectivity index (χ4n) is 1.28.